The molecule has 3 aliphatic carbocycles. The maximum Gasteiger partial charge on any atom is 0.140 e. The zero-order chi connectivity index (χ0) is 40.3. The second kappa shape index (κ2) is 14.4. The molecular formula is C58H47NO. The maximum atomic E-state index is 6.90. The fourth-order valence-electron chi connectivity index (χ4n) is 10.4. The van der Waals surface area contributed by atoms with E-state index in [2.05, 4.69) is 231 Å². The van der Waals surface area contributed by atoms with Gasteiger partial charge in [0.15, 0.2) is 0 Å². The molecule has 0 fully saturated rings. The highest BCUT2D eigenvalue weighted by atomic mass is 16.3. The topological polar surface area (TPSA) is 16.4 Å². The maximum absolute atomic E-state index is 6.90. The van der Waals surface area contributed by atoms with Gasteiger partial charge in [0.05, 0.1) is 11.5 Å². The van der Waals surface area contributed by atoms with Crippen molar-refractivity contribution < 1.29 is 4.42 Å². The lowest BCUT2D eigenvalue weighted by molar-refractivity contribution is 0.519. The summed E-state index contributed by atoms with van der Waals surface area (Å²) in [5.41, 5.74) is 15.0. The molecule has 3 atom stereocenters. The Labute approximate surface area is 353 Å². The number of hydrogen-bond donors (Lipinski definition) is 0. The van der Waals surface area contributed by atoms with Crippen molar-refractivity contribution in [2.45, 2.75) is 43.6 Å². The van der Waals surface area contributed by atoms with Gasteiger partial charge in [0.25, 0.3) is 0 Å². The number of nitrogens with zero attached hydrogens (tertiary/aromatic N) is 1. The fourth-order valence-corrected chi connectivity index (χ4v) is 10.4. The molecule has 0 saturated carbocycles. The molecule has 8 aromatic rings. The van der Waals surface area contributed by atoms with Gasteiger partial charge < -0.3 is 9.32 Å². The van der Waals surface area contributed by atoms with Crippen molar-refractivity contribution in [2.75, 3.05) is 4.90 Å². The second-order valence-electron chi connectivity index (χ2n) is 17.1. The van der Waals surface area contributed by atoms with E-state index in [0.29, 0.717) is 5.92 Å². The molecule has 11 rings (SSSR count). The quantitative estimate of drug-likeness (QED) is 0.160. The number of allylic oxidation sites excluding steroid dienone is 7. The summed E-state index contributed by atoms with van der Waals surface area (Å²) in [7, 11) is 0. The van der Waals surface area contributed by atoms with Gasteiger partial charge in [-0.25, -0.2) is 0 Å². The van der Waals surface area contributed by atoms with Crippen LogP contribution in [0.2, 0.25) is 0 Å². The lowest BCUT2D eigenvalue weighted by Gasteiger charge is -2.36. The lowest BCUT2D eigenvalue weighted by atomic mass is 9.66. The molecule has 290 valence electrons. The van der Waals surface area contributed by atoms with Gasteiger partial charge in [0.2, 0.25) is 0 Å². The summed E-state index contributed by atoms with van der Waals surface area (Å²) in [4.78, 5) is 2.57. The fraction of sp³-hybridized carbons (Fsp3) is 0.138. The zero-order valence-electron chi connectivity index (χ0n) is 34.1. The molecule has 60 heavy (non-hydrogen) atoms. The Balaban J connectivity index is 1.08. The van der Waals surface area contributed by atoms with Gasteiger partial charge in [-0.2, -0.15) is 0 Å². The van der Waals surface area contributed by atoms with Crippen LogP contribution in [0.15, 0.2) is 222 Å². The number of anilines is 2. The molecule has 1 heterocycles. The highest BCUT2D eigenvalue weighted by molar-refractivity contribution is 6.07. The average Bonchev–Trinajstić information content (AvgIpc) is 3.76. The number of benzene rings is 7. The molecule has 0 radical (unpaired) electrons. The average molecular weight is 774 g/mol. The molecular weight excluding hydrogens is 727 g/mol. The van der Waals surface area contributed by atoms with Gasteiger partial charge in [0, 0.05) is 33.1 Å². The van der Waals surface area contributed by atoms with Crippen LogP contribution >= 0.6 is 0 Å². The minimum absolute atomic E-state index is 0.0192. The Bertz CT molecular complexity index is 2970. The van der Waals surface area contributed by atoms with E-state index in [-0.39, 0.29) is 11.5 Å². The largest absolute Gasteiger partial charge is 0.456 e. The van der Waals surface area contributed by atoms with E-state index in [1.54, 1.807) is 0 Å². The van der Waals surface area contributed by atoms with Crippen molar-refractivity contribution in [3.8, 4) is 22.3 Å². The summed E-state index contributed by atoms with van der Waals surface area (Å²) in [6.45, 7) is 4.75. The number of furan rings is 1. The number of hydrogen-bond acceptors (Lipinski definition) is 2. The molecule has 2 heteroatoms. The van der Waals surface area contributed by atoms with Gasteiger partial charge in [-0.05, 0) is 93.6 Å². The summed E-state index contributed by atoms with van der Waals surface area (Å²) in [5, 5.41) is 2.30. The lowest BCUT2D eigenvalue weighted by Crippen LogP contribution is -2.34. The highest BCUT2D eigenvalue weighted by Crippen LogP contribution is 2.58. The van der Waals surface area contributed by atoms with E-state index in [1.165, 1.54) is 61.5 Å². The second-order valence-corrected chi connectivity index (χ2v) is 17.1. The van der Waals surface area contributed by atoms with Gasteiger partial charge >= 0.3 is 0 Å². The van der Waals surface area contributed by atoms with Crippen LogP contribution < -0.4 is 4.90 Å². The minimum atomic E-state index is -0.590. The SMILES string of the molecule is CC1CC=C(C2(c3cccc4c3oc3ccccc34)c3ccccc3-c3ccccc32)C=CC1N(c1ccc(-c2ccccc2)cc1)c1ccc(C2(C)C=CC=CC2)cc1. The van der Waals surface area contributed by atoms with E-state index in [9.17, 15) is 0 Å². The third kappa shape index (κ3) is 5.69. The van der Waals surface area contributed by atoms with Crippen molar-refractivity contribution >= 4 is 33.3 Å². The first-order valence-electron chi connectivity index (χ1n) is 21.4. The zero-order valence-corrected chi connectivity index (χ0v) is 34.1. The van der Waals surface area contributed by atoms with E-state index >= 15 is 0 Å². The Morgan fingerprint density at radius 1 is 0.583 bits per heavy atom. The van der Waals surface area contributed by atoms with Gasteiger partial charge in [0.1, 0.15) is 11.2 Å². The standard InChI is InChI=1S/C58H47NO/c1-40-26-29-44(58(51-22-10-7-18-47(51)48-19-8-11-23-52(48)58)53-24-15-21-50-49-20-9-12-25-55(49)60-56(50)53)32-37-54(40)59(45-33-27-42(28-34-45)41-16-5-3-6-17-41)46-35-30-43(31-36-46)57(2)38-13-4-14-39-57/h3-25,27-38,40,54H,26,39H2,1-2H3. The number of fused-ring (bicyclic) bond motifs is 6. The molecule has 0 aliphatic heterocycles. The van der Waals surface area contributed by atoms with Crippen molar-refractivity contribution in [3.63, 3.8) is 0 Å². The van der Waals surface area contributed by atoms with Crippen molar-refractivity contribution in [3.05, 3.63) is 240 Å². The molecule has 3 unspecified atom stereocenters. The molecule has 0 N–H and O–H groups in total. The van der Waals surface area contributed by atoms with Crippen molar-refractivity contribution in [1.29, 1.82) is 0 Å². The summed E-state index contributed by atoms with van der Waals surface area (Å²) in [6, 6.07) is 62.5. The number of rotatable bonds is 7. The Morgan fingerprint density at radius 2 is 1.20 bits per heavy atom. The predicted molar refractivity (Wildman–Crippen MR) is 251 cm³/mol. The van der Waals surface area contributed by atoms with E-state index in [1.807, 2.05) is 0 Å². The first-order chi connectivity index (χ1) is 29.5. The monoisotopic (exact) mass is 773 g/mol. The van der Waals surface area contributed by atoms with Crippen LogP contribution in [0.4, 0.5) is 11.4 Å². The Kier molecular flexibility index (Phi) is 8.71. The third-order valence-electron chi connectivity index (χ3n) is 13.6. The van der Waals surface area contributed by atoms with Crippen LogP contribution in [0, 0.1) is 5.92 Å². The molecule has 0 saturated heterocycles. The molecule has 2 nitrogen and oxygen atoms in total. The van der Waals surface area contributed by atoms with E-state index in [4.69, 9.17) is 4.42 Å². The summed E-state index contributed by atoms with van der Waals surface area (Å²) in [5.74, 6) is 0.294. The molecule has 1 aromatic heterocycles. The van der Waals surface area contributed by atoms with Crippen LogP contribution in [-0.4, -0.2) is 6.04 Å². The smallest absolute Gasteiger partial charge is 0.140 e. The van der Waals surface area contributed by atoms with Crippen LogP contribution in [0.1, 0.15) is 48.9 Å². The summed E-state index contributed by atoms with van der Waals surface area (Å²) in [6.07, 6.45) is 18.3. The first-order valence-corrected chi connectivity index (χ1v) is 21.4. The summed E-state index contributed by atoms with van der Waals surface area (Å²) < 4.78 is 6.90. The van der Waals surface area contributed by atoms with Crippen LogP contribution in [0.3, 0.4) is 0 Å². The highest BCUT2D eigenvalue weighted by Gasteiger charge is 2.48. The van der Waals surface area contributed by atoms with Crippen LogP contribution in [0.5, 0.6) is 0 Å². The van der Waals surface area contributed by atoms with E-state index < -0.39 is 5.41 Å². The molecule has 0 amide bonds. The molecule has 0 spiro atoms. The van der Waals surface area contributed by atoms with Gasteiger partial charge in [-0.1, -0.05) is 196 Å². The van der Waals surface area contributed by atoms with Crippen molar-refractivity contribution in [2.24, 2.45) is 5.92 Å². The van der Waals surface area contributed by atoms with E-state index in [0.717, 1.165) is 34.8 Å². The molecule has 0 bridgehead atoms. The Morgan fingerprint density at radius 3 is 1.92 bits per heavy atom. The van der Waals surface area contributed by atoms with Crippen LogP contribution in [0.25, 0.3) is 44.2 Å². The van der Waals surface area contributed by atoms with Crippen LogP contribution in [-0.2, 0) is 10.8 Å². The molecule has 3 aliphatic rings. The number of para-hydroxylation sites is 2. The van der Waals surface area contributed by atoms with Gasteiger partial charge in [-0.3, -0.25) is 0 Å². The summed E-state index contributed by atoms with van der Waals surface area (Å²) >= 11 is 0. The normalized spacial score (nSPS) is 20.1. The third-order valence-corrected chi connectivity index (χ3v) is 13.6. The predicted octanol–water partition coefficient (Wildman–Crippen LogP) is 15.1. The minimum Gasteiger partial charge on any atom is -0.456 e. The van der Waals surface area contributed by atoms with Crippen molar-refractivity contribution in [1.82, 2.24) is 0 Å². The van der Waals surface area contributed by atoms with Gasteiger partial charge in [-0.15, -0.1) is 0 Å². The first kappa shape index (κ1) is 36.2. The molecule has 7 aromatic carbocycles. The Hall–Kier alpha value is -6.90.